The molecular formula is C45H74N2O6S2. The fraction of sp³-hybridized carbons (Fsp3) is 0.911. The molecule has 0 bridgehead atoms. The van der Waals surface area contributed by atoms with Gasteiger partial charge in [-0.2, -0.15) is 11.8 Å². The highest BCUT2D eigenvalue weighted by Gasteiger charge is 2.71. The number of rotatable bonds is 10. The first-order chi connectivity index (χ1) is 25.6. The van der Waals surface area contributed by atoms with Crippen molar-refractivity contribution in [3.63, 3.8) is 0 Å². The van der Waals surface area contributed by atoms with Gasteiger partial charge in [-0.15, -0.1) is 0 Å². The third-order valence-electron chi connectivity index (χ3n) is 19.1. The molecule has 7 rings (SSSR count). The van der Waals surface area contributed by atoms with E-state index in [4.69, 9.17) is 4.74 Å². The number of ether oxygens (including phenoxy) is 1. The molecule has 13 atom stereocenters. The van der Waals surface area contributed by atoms with E-state index in [-0.39, 0.29) is 56.7 Å². The molecule has 7 fully saturated rings. The second-order valence-corrected chi connectivity index (χ2v) is 25.0. The van der Waals surface area contributed by atoms with E-state index in [2.05, 4.69) is 64.6 Å². The van der Waals surface area contributed by atoms with Crippen LogP contribution in [0.15, 0.2) is 12.2 Å². The highest BCUT2D eigenvalue weighted by molar-refractivity contribution is 7.98. The third-order valence-corrected chi connectivity index (χ3v) is 21.4. The first-order valence-corrected chi connectivity index (χ1v) is 25.1. The summed E-state index contributed by atoms with van der Waals surface area (Å²) in [6.45, 7) is 25.6. The highest BCUT2D eigenvalue weighted by atomic mass is 32.2. The summed E-state index contributed by atoms with van der Waals surface area (Å²) < 4.78 is 31.0. The topological polar surface area (TPSA) is 113 Å². The van der Waals surface area contributed by atoms with Crippen molar-refractivity contribution in [2.75, 3.05) is 43.1 Å². The molecule has 7 aliphatic rings. The van der Waals surface area contributed by atoms with E-state index < -0.39 is 27.1 Å². The Balaban J connectivity index is 1.10. The number of nitrogens with one attached hydrogen (secondary N) is 1. The third kappa shape index (κ3) is 6.53. The Hall–Kier alpha value is -1.10. The predicted molar refractivity (Wildman–Crippen MR) is 223 cm³/mol. The van der Waals surface area contributed by atoms with Gasteiger partial charge in [0, 0.05) is 42.4 Å². The molecule has 6 aliphatic carbocycles. The molecule has 0 aromatic rings. The first kappa shape index (κ1) is 42.0. The Morgan fingerprint density at radius 2 is 1.56 bits per heavy atom. The van der Waals surface area contributed by atoms with Gasteiger partial charge in [-0.1, -0.05) is 60.6 Å². The largest absolute Gasteiger partial charge is 0.481 e. The average Bonchev–Trinajstić information content (AvgIpc) is 3.48. The molecule has 0 amide bonds. The Labute approximate surface area is 337 Å². The minimum Gasteiger partial charge on any atom is -0.481 e. The normalized spacial score (nSPS) is 46.1. The van der Waals surface area contributed by atoms with Gasteiger partial charge >= 0.3 is 11.9 Å². The number of carbonyl (C=O) groups excluding carboxylic acids is 1. The molecule has 0 aromatic heterocycles. The summed E-state index contributed by atoms with van der Waals surface area (Å²) in [5.41, 5.74) is 1.32. The van der Waals surface area contributed by atoms with Crippen molar-refractivity contribution in [2.24, 2.45) is 68.5 Å². The number of fused-ring (bicyclic) bond motifs is 7. The summed E-state index contributed by atoms with van der Waals surface area (Å²) in [6, 6.07) is 0.334. The van der Waals surface area contributed by atoms with E-state index in [1.165, 1.54) is 50.5 Å². The van der Waals surface area contributed by atoms with Crippen LogP contribution in [0.1, 0.15) is 126 Å². The Kier molecular flexibility index (Phi) is 10.9. The minimum absolute atomic E-state index is 0.0973. The molecule has 2 N–H and O–H groups in total. The molecule has 55 heavy (non-hydrogen) atoms. The van der Waals surface area contributed by atoms with E-state index in [9.17, 15) is 23.1 Å². The summed E-state index contributed by atoms with van der Waals surface area (Å²) in [5, 5.41) is 14.0. The number of carbonyl (C=O) groups is 2. The van der Waals surface area contributed by atoms with Gasteiger partial charge in [0.1, 0.15) is 6.10 Å². The molecule has 8 nitrogen and oxygen atoms in total. The van der Waals surface area contributed by atoms with Crippen LogP contribution in [0.25, 0.3) is 0 Å². The minimum atomic E-state index is -2.92. The molecule has 0 unspecified atom stereocenters. The number of allylic oxidation sites excluding steroid dienone is 1. The number of hydrogen-bond acceptors (Lipinski definition) is 8. The highest BCUT2D eigenvalue weighted by Crippen LogP contribution is 2.76. The molecule has 1 aliphatic heterocycles. The van der Waals surface area contributed by atoms with Gasteiger partial charge < -0.3 is 15.2 Å². The van der Waals surface area contributed by atoms with Gasteiger partial charge in [0.15, 0.2) is 9.84 Å². The fourth-order valence-corrected chi connectivity index (χ4v) is 17.4. The van der Waals surface area contributed by atoms with E-state index in [1.807, 2.05) is 25.6 Å². The molecule has 0 aromatic carbocycles. The average molecular weight is 803 g/mol. The van der Waals surface area contributed by atoms with Crippen molar-refractivity contribution in [1.82, 2.24) is 10.2 Å². The lowest BCUT2D eigenvalue weighted by Crippen LogP contribution is -2.69. The van der Waals surface area contributed by atoms with Gasteiger partial charge in [0.2, 0.25) is 0 Å². The number of aliphatic carboxylic acids is 1. The van der Waals surface area contributed by atoms with Crippen molar-refractivity contribution in [3.05, 3.63) is 12.2 Å². The number of hydrogen-bond donors (Lipinski definition) is 2. The summed E-state index contributed by atoms with van der Waals surface area (Å²) in [5.74, 6) is 2.52. The van der Waals surface area contributed by atoms with Crippen LogP contribution in [-0.2, 0) is 24.2 Å². The number of nitrogens with zero attached hydrogens (tertiary/aromatic N) is 1. The van der Waals surface area contributed by atoms with Gasteiger partial charge in [-0.05, 0) is 135 Å². The maximum absolute atomic E-state index is 13.6. The van der Waals surface area contributed by atoms with Crippen LogP contribution in [0.4, 0.5) is 0 Å². The van der Waals surface area contributed by atoms with Gasteiger partial charge in [0.05, 0.1) is 23.3 Å². The standard InChI is InChI=1S/C45H74N2O6S2/c1-28(2)30-13-18-45(46-26-29(27-54-10)47-21-23-55(51,52)24-22-47)20-19-43(8)31(37(30)45)11-12-35-42(7)16-15-36(41(5,6)34(42)14-17-44(35,43)9)53-39(50)33-25-32(38(48)49)40(33,3)4/h29-37,46H,1,11-27H2,2-10H3,(H,48,49)/t29-,30+,31-,32+,33-,34+,35-,36+,37-,42+,43-,44-,45+/m1/s1. The maximum atomic E-state index is 13.6. The molecule has 10 heteroatoms. The van der Waals surface area contributed by atoms with E-state index in [0.29, 0.717) is 55.1 Å². The van der Waals surface area contributed by atoms with Gasteiger partial charge in [-0.3, -0.25) is 14.5 Å². The Bertz CT molecular complexity index is 1630. The predicted octanol–water partition coefficient (Wildman–Crippen LogP) is 8.11. The van der Waals surface area contributed by atoms with Crippen molar-refractivity contribution >= 4 is 33.5 Å². The zero-order chi connectivity index (χ0) is 40.1. The van der Waals surface area contributed by atoms with Crippen LogP contribution < -0.4 is 5.32 Å². The lowest BCUT2D eigenvalue weighted by molar-refractivity contribution is -0.248. The summed E-state index contributed by atoms with van der Waals surface area (Å²) in [7, 11) is -2.92. The van der Waals surface area contributed by atoms with Gasteiger partial charge in [0.25, 0.3) is 0 Å². The number of carboxylic acids is 1. The second kappa shape index (κ2) is 14.3. The van der Waals surface area contributed by atoms with E-state index in [0.717, 1.165) is 31.6 Å². The monoisotopic (exact) mass is 802 g/mol. The zero-order valence-corrected chi connectivity index (χ0v) is 37.3. The van der Waals surface area contributed by atoms with Gasteiger partial charge in [-0.25, -0.2) is 8.42 Å². The van der Waals surface area contributed by atoms with Crippen molar-refractivity contribution in [1.29, 1.82) is 0 Å². The number of thioether (sulfide) groups is 1. The Morgan fingerprint density at radius 1 is 0.873 bits per heavy atom. The molecule has 312 valence electrons. The lowest BCUT2D eigenvalue weighted by Gasteiger charge is -2.73. The maximum Gasteiger partial charge on any atom is 0.309 e. The van der Waals surface area contributed by atoms with Crippen LogP contribution in [0, 0.1) is 68.5 Å². The number of carboxylic acid groups (broad SMARTS) is 1. The molecule has 0 spiro atoms. The summed E-state index contributed by atoms with van der Waals surface area (Å²) in [6.07, 6.45) is 14.1. The molecule has 1 heterocycles. The van der Waals surface area contributed by atoms with Crippen LogP contribution in [-0.4, -0.2) is 91.2 Å². The molecular weight excluding hydrogens is 729 g/mol. The lowest BCUT2D eigenvalue weighted by atomic mass is 9.32. The van der Waals surface area contributed by atoms with E-state index in [1.54, 1.807) is 0 Å². The van der Waals surface area contributed by atoms with Crippen LogP contribution in [0.2, 0.25) is 0 Å². The number of sulfone groups is 1. The second-order valence-electron chi connectivity index (χ2n) is 21.8. The SMILES string of the molecule is C=C(C)[C@@H]1CC[C@]2(NC[C@H](CSC)N3CCS(=O)(=O)CC3)CC[C@]3(C)[C@H](CC[C@@H]4[C@@]5(C)CC[C@H](OC(=O)[C@H]6C[C@@H](C(=O)O)C6(C)C)C(C)(C)[C@@H]5CC[C@]43C)[C@@H]12. The molecule has 1 saturated heterocycles. The van der Waals surface area contributed by atoms with Crippen molar-refractivity contribution in [3.8, 4) is 0 Å². The van der Waals surface area contributed by atoms with E-state index >= 15 is 0 Å². The summed E-state index contributed by atoms with van der Waals surface area (Å²) >= 11 is 1.88. The van der Waals surface area contributed by atoms with Crippen molar-refractivity contribution in [2.45, 2.75) is 144 Å². The Morgan fingerprint density at radius 3 is 2.18 bits per heavy atom. The number of esters is 1. The van der Waals surface area contributed by atoms with Crippen LogP contribution in [0.3, 0.4) is 0 Å². The van der Waals surface area contributed by atoms with Crippen LogP contribution >= 0.6 is 11.8 Å². The summed E-state index contributed by atoms with van der Waals surface area (Å²) in [4.78, 5) is 27.9. The first-order valence-electron chi connectivity index (χ1n) is 21.8. The zero-order valence-electron chi connectivity index (χ0n) is 35.7. The smallest absolute Gasteiger partial charge is 0.309 e. The molecule has 0 radical (unpaired) electrons. The van der Waals surface area contributed by atoms with Crippen LogP contribution in [0.5, 0.6) is 0 Å². The fourth-order valence-electron chi connectivity index (χ4n) is 15.5. The quantitative estimate of drug-likeness (QED) is 0.167. The van der Waals surface area contributed by atoms with Crippen molar-refractivity contribution < 1.29 is 27.9 Å². The molecule has 6 saturated carbocycles.